The number of alkyl halides is 3. The van der Waals surface area contributed by atoms with Gasteiger partial charge in [-0.3, -0.25) is 5.32 Å². The van der Waals surface area contributed by atoms with Crippen molar-refractivity contribution in [3.05, 3.63) is 58.3 Å². The Labute approximate surface area is 114 Å². The molecule has 0 radical (unpaired) electrons. The van der Waals surface area contributed by atoms with Crippen LogP contribution >= 0.6 is 11.3 Å². The Kier molecular flexibility index (Phi) is 4.27. The first-order valence-electron chi connectivity index (χ1n) is 5.89. The molecule has 0 saturated heterocycles. The lowest BCUT2D eigenvalue weighted by Gasteiger charge is -2.25. The summed E-state index contributed by atoms with van der Waals surface area (Å²) in [6, 6.07) is 10.3. The average Bonchev–Trinajstić information content (AvgIpc) is 2.88. The van der Waals surface area contributed by atoms with Gasteiger partial charge in [0, 0.05) is 10.9 Å². The molecule has 1 N–H and O–H groups in total. The van der Waals surface area contributed by atoms with Crippen LogP contribution in [0.5, 0.6) is 0 Å². The van der Waals surface area contributed by atoms with Crippen molar-refractivity contribution < 1.29 is 13.2 Å². The van der Waals surface area contributed by atoms with Crippen molar-refractivity contribution in [1.29, 1.82) is 0 Å². The first kappa shape index (κ1) is 14.1. The third-order valence-corrected chi connectivity index (χ3v) is 3.81. The highest BCUT2D eigenvalue weighted by Gasteiger charge is 2.42. The van der Waals surface area contributed by atoms with E-state index in [0.717, 1.165) is 16.9 Å². The molecule has 0 aliphatic rings. The second-order valence-corrected chi connectivity index (χ2v) is 5.27. The van der Waals surface area contributed by atoms with Crippen molar-refractivity contribution in [2.24, 2.45) is 0 Å². The molecule has 2 atom stereocenters. The van der Waals surface area contributed by atoms with Crippen LogP contribution in [-0.4, -0.2) is 6.18 Å². The van der Waals surface area contributed by atoms with E-state index in [4.69, 9.17) is 0 Å². The second kappa shape index (κ2) is 5.75. The molecule has 5 heteroatoms. The van der Waals surface area contributed by atoms with Crippen molar-refractivity contribution in [1.82, 2.24) is 5.32 Å². The highest BCUT2D eigenvalue weighted by Crippen LogP contribution is 2.36. The number of halogens is 3. The van der Waals surface area contributed by atoms with Gasteiger partial charge in [-0.25, -0.2) is 0 Å². The lowest BCUT2D eigenvalue weighted by atomic mass is 10.1. The van der Waals surface area contributed by atoms with Gasteiger partial charge in [0.25, 0.3) is 0 Å². The van der Waals surface area contributed by atoms with Crippen LogP contribution in [-0.2, 0) is 0 Å². The van der Waals surface area contributed by atoms with Gasteiger partial charge < -0.3 is 0 Å². The van der Waals surface area contributed by atoms with Crippen molar-refractivity contribution in [2.45, 2.75) is 25.2 Å². The molecule has 0 fully saturated rings. The normalized spacial score (nSPS) is 15.2. The topological polar surface area (TPSA) is 12.0 Å². The minimum Gasteiger partial charge on any atom is -0.295 e. The lowest BCUT2D eigenvalue weighted by Crippen LogP contribution is -2.35. The summed E-state index contributed by atoms with van der Waals surface area (Å²) in [5, 5.41) is 4.32. The monoisotopic (exact) mass is 285 g/mol. The lowest BCUT2D eigenvalue weighted by molar-refractivity contribution is -0.158. The number of nitrogens with one attached hydrogen (secondary N) is 1. The van der Waals surface area contributed by atoms with Gasteiger partial charge in [-0.1, -0.05) is 36.4 Å². The third-order valence-electron chi connectivity index (χ3n) is 2.87. The van der Waals surface area contributed by atoms with Crippen molar-refractivity contribution in [3.8, 4) is 0 Å². The number of benzene rings is 1. The molecule has 1 aromatic heterocycles. The van der Waals surface area contributed by atoms with Crippen LogP contribution in [0.2, 0.25) is 0 Å². The molecule has 0 aliphatic heterocycles. The zero-order valence-electron chi connectivity index (χ0n) is 10.3. The van der Waals surface area contributed by atoms with Gasteiger partial charge >= 0.3 is 6.18 Å². The summed E-state index contributed by atoms with van der Waals surface area (Å²) in [4.78, 5) is 0.287. The van der Waals surface area contributed by atoms with Gasteiger partial charge in [0.15, 0.2) is 0 Å². The van der Waals surface area contributed by atoms with Gasteiger partial charge in [-0.15, -0.1) is 11.3 Å². The van der Waals surface area contributed by atoms with E-state index >= 15 is 0 Å². The summed E-state index contributed by atoms with van der Waals surface area (Å²) in [6.45, 7) is 1.74. The molecular formula is C14H14F3NS. The Morgan fingerprint density at radius 2 is 1.74 bits per heavy atom. The minimum atomic E-state index is -4.30. The molecule has 102 valence electrons. The maximum absolute atomic E-state index is 13.1. The zero-order valence-corrected chi connectivity index (χ0v) is 11.1. The van der Waals surface area contributed by atoms with Gasteiger partial charge in [-0.05, 0) is 23.9 Å². The summed E-state index contributed by atoms with van der Waals surface area (Å²) < 4.78 is 39.3. The molecule has 0 aliphatic carbocycles. The molecular weight excluding hydrogens is 271 g/mol. The Morgan fingerprint density at radius 1 is 1.05 bits per heavy atom. The Bertz CT molecular complexity index is 493. The number of hydrogen-bond donors (Lipinski definition) is 1. The standard InChI is InChI=1S/C14H14F3NS/c1-10(11-6-3-2-4-7-11)18-13(14(15,16)17)12-8-5-9-19-12/h2-10,13,18H,1H3/t10-,13+/m0/s1. The molecule has 0 saturated carbocycles. The van der Waals surface area contributed by atoms with Crippen molar-refractivity contribution >= 4 is 11.3 Å². The summed E-state index contributed by atoms with van der Waals surface area (Å²) >= 11 is 1.11. The Balaban J connectivity index is 2.18. The van der Waals surface area contributed by atoms with Crippen LogP contribution in [0.15, 0.2) is 47.8 Å². The van der Waals surface area contributed by atoms with E-state index in [2.05, 4.69) is 5.32 Å². The Hall–Kier alpha value is -1.33. The van der Waals surface area contributed by atoms with Crippen LogP contribution in [0.25, 0.3) is 0 Å². The van der Waals surface area contributed by atoms with Crippen LogP contribution in [0.1, 0.15) is 29.4 Å². The average molecular weight is 285 g/mol. The fraction of sp³-hybridized carbons (Fsp3) is 0.286. The molecule has 0 unspecified atom stereocenters. The van der Waals surface area contributed by atoms with Crippen LogP contribution in [0.3, 0.4) is 0 Å². The minimum absolute atomic E-state index is 0.287. The van der Waals surface area contributed by atoms with Gasteiger partial charge in [0.2, 0.25) is 0 Å². The summed E-state index contributed by atoms with van der Waals surface area (Å²) in [7, 11) is 0. The van der Waals surface area contributed by atoms with Crippen LogP contribution < -0.4 is 5.32 Å². The third kappa shape index (κ3) is 3.58. The predicted octanol–water partition coefficient (Wildman–Crippen LogP) is 4.70. The molecule has 1 heterocycles. The zero-order chi connectivity index (χ0) is 13.9. The second-order valence-electron chi connectivity index (χ2n) is 4.29. The van der Waals surface area contributed by atoms with E-state index in [1.165, 1.54) is 6.07 Å². The van der Waals surface area contributed by atoms with Crippen LogP contribution in [0, 0.1) is 0 Å². The first-order chi connectivity index (χ1) is 8.98. The van der Waals surface area contributed by atoms with Crippen molar-refractivity contribution in [2.75, 3.05) is 0 Å². The molecule has 1 aromatic carbocycles. The van der Waals surface area contributed by atoms with E-state index in [0.29, 0.717) is 0 Å². The van der Waals surface area contributed by atoms with Gasteiger partial charge in [-0.2, -0.15) is 13.2 Å². The van der Waals surface area contributed by atoms with E-state index in [1.807, 2.05) is 30.3 Å². The van der Waals surface area contributed by atoms with E-state index in [9.17, 15) is 13.2 Å². The van der Waals surface area contributed by atoms with Gasteiger partial charge in [0.1, 0.15) is 6.04 Å². The van der Waals surface area contributed by atoms with E-state index in [1.54, 1.807) is 18.4 Å². The molecule has 0 bridgehead atoms. The Morgan fingerprint density at radius 3 is 2.26 bits per heavy atom. The quantitative estimate of drug-likeness (QED) is 0.858. The molecule has 2 aromatic rings. The van der Waals surface area contributed by atoms with E-state index < -0.39 is 12.2 Å². The predicted molar refractivity (Wildman–Crippen MR) is 71.1 cm³/mol. The highest BCUT2D eigenvalue weighted by molar-refractivity contribution is 7.10. The number of hydrogen-bond acceptors (Lipinski definition) is 2. The summed E-state index contributed by atoms with van der Waals surface area (Å²) in [5.74, 6) is 0. The summed E-state index contributed by atoms with van der Waals surface area (Å²) in [5.41, 5.74) is 0.841. The summed E-state index contributed by atoms with van der Waals surface area (Å²) in [6.07, 6.45) is -4.30. The molecule has 19 heavy (non-hydrogen) atoms. The SMILES string of the molecule is C[C@H](N[C@H](c1cccs1)C(F)(F)F)c1ccccc1. The van der Waals surface area contributed by atoms with Crippen LogP contribution in [0.4, 0.5) is 13.2 Å². The van der Waals surface area contributed by atoms with E-state index in [-0.39, 0.29) is 10.9 Å². The number of thiophene rings is 1. The highest BCUT2D eigenvalue weighted by atomic mass is 32.1. The fourth-order valence-corrected chi connectivity index (χ4v) is 2.69. The molecule has 0 spiro atoms. The number of rotatable bonds is 4. The molecule has 0 amide bonds. The van der Waals surface area contributed by atoms with Crippen molar-refractivity contribution in [3.63, 3.8) is 0 Å². The smallest absolute Gasteiger partial charge is 0.295 e. The fourth-order valence-electron chi connectivity index (χ4n) is 1.88. The first-order valence-corrected chi connectivity index (χ1v) is 6.77. The maximum Gasteiger partial charge on any atom is 0.408 e. The largest absolute Gasteiger partial charge is 0.408 e. The maximum atomic E-state index is 13.1. The molecule has 2 rings (SSSR count). The molecule has 1 nitrogen and oxygen atoms in total. The van der Waals surface area contributed by atoms with Gasteiger partial charge in [0.05, 0.1) is 0 Å².